The smallest absolute Gasteiger partial charge is 0.123 e. The molecule has 80 valence electrons. The SMILES string of the molecule is C[C@@H]1Cc2occ3c2[C@@H](CCC3)[C@H]1C=O. The van der Waals surface area contributed by atoms with Gasteiger partial charge in [0.2, 0.25) is 0 Å². The summed E-state index contributed by atoms with van der Waals surface area (Å²) in [5.74, 6) is 2.26. The van der Waals surface area contributed by atoms with Crippen LogP contribution in [0.3, 0.4) is 0 Å². The molecule has 0 saturated carbocycles. The number of rotatable bonds is 1. The summed E-state index contributed by atoms with van der Waals surface area (Å²) in [4.78, 5) is 11.2. The summed E-state index contributed by atoms with van der Waals surface area (Å²) in [6.45, 7) is 2.17. The van der Waals surface area contributed by atoms with Crippen LogP contribution in [0.4, 0.5) is 0 Å². The van der Waals surface area contributed by atoms with Crippen molar-refractivity contribution in [2.45, 2.75) is 38.5 Å². The minimum atomic E-state index is 0.217. The van der Waals surface area contributed by atoms with Crippen molar-refractivity contribution in [1.29, 1.82) is 0 Å². The summed E-state index contributed by atoms with van der Waals surface area (Å²) in [5, 5.41) is 0. The molecule has 3 rings (SSSR count). The zero-order valence-electron chi connectivity index (χ0n) is 9.03. The third-order valence-corrected chi connectivity index (χ3v) is 4.11. The predicted octanol–water partition coefficient (Wildman–Crippen LogP) is 2.71. The van der Waals surface area contributed by atoms with E-state index >= 15 is 0 Å². The Kier molecular flexibility index (Phi) is 1.98. The molecule has 0 bridgehead atoms. The Hall–Kier alpha value is -1.05. The molecule has 0 amide bonds. The van der Waals surface area contributed by atoms with Gasteiger partial charge in [0.05, 0.1) is 6.26 Å². The molecule has 2 aliphatic carbocycles. The molecule has 0 spiro atoms. The maximum atomic E-state index is 11.2. The van der Waals surface area contributed by atoms with E-state index < -0.39 is 0 Å². The first-order valence-corrected chi connectivity index (χ1v) is 5.85. The van der Waals surface area contributed by atoms with Gasteiger partial charge in [-0.2, -0.15) is 0 Å². The van der Waals surface area contributed by atoms with Gasteiger partial charge in [-0.15, -0.1) is 0 Å². The Morgan fingerprint density at radius 1 is 1.53 bits per heavy atom. The lowest BCUT2D eigenvalue weighted by molar-refractivity contribution is -0.113. The molecule has 2 nitrogen and oxygen atoms in total. The third kappa shape index (κ3) is 1.20. The molecule has 0 fully saturated rings. The topological polar surface area (TPSA) is 30.2 Å². The number of hydrogen-bond donors (Lipinski definition) is 0. The number of carbonyl (C=O) groups is 1. The second-order valence-electron chi connectivity index (χ2n) is 4.99. The van der Waals surface area contributed by atoms with Crippen LogP contribution in [0, 0.1) is 11.8 Å². The van der Waals surface area contributed by atoms with E-state index in [9.17, 15) is 4.79 Å². The van der Waals surface area contributed by atoms with Gasteiger partial charge in [0, 0.05) is 17.9 Å². The van der Waals surface area contributed by atoms with Gasteiger partial charge in [0.15, 0.2) is 0 Å². The number of hydrogen-bond acceptors (Lipinski definition) is 2. The molecular formula is C13H16O2. The van der Waals surface area contributed by atoms with Crippen LogP contribution >= 0.6 is 0 Å². The van der Waals surface area contributed by atoms with E-state index in [1.165, 1.54) is 23.8 Å². The molecule has 2 aliphatic rings. The van der Waals surface area contributed by atoms with Gasteiger partial charge < -0.3 is 9.21 Å². The minimum absolute atomic E-state index is 0.217. The van der Waals surface area contributed by atoms with E-state index in [-0.39, 0.29) is 5.92 Å². The fourth-order valence-electron chi connectivity index (χ4n) is 3.34. The van der Waals surface area contributed by atoms with Crippen LogP contribution in [-0.2, 0) is 17.6 Å². The molecule has 0 saturated heterocycles. The Balaban J connectivity index is 2.11. The molecule has 0 radical (unpaired) electrons. The van der Waals surface area contributed by atoms with Crippen LogP contribution in [-0.4, -0.2) is 6.29 Å². The van der Waals surface area contributed by atoms with Gasteiger partial charge >= 0.3 is 0 Å². The van der Waals surface area contributed by atoms with Gasteiger partial charge in [0.25, 0.3) is 0 Å². The van der Waals surface area contributed by atoms with Gasteiger partial charge in [-0.3, -0.25) is 0 Å². The number of carbonyl (C=O) groups excluding carboxylic acids is 1. The van der Waals surface area contributed by atoms with Crippen molar-refractivity contribution in [1.82, 2.24) is 0 Å². The lowest BCUT2D eigenvalue weighted by atomic mass is 9.67. The first-order valence-electron chi connectivity index (χ1n) is 5.85. The monoisotopic (exact) mass is 204 g/mol. The molecule has 0 N–H and O–H groups in total. The summed E-state index contributed by atoms with van der Waals surface area (Å²) in [7, 11) is 0. The van der Waals surface area contributed by atoms with Gasteiger partial charge in [-0.05, 0) is 36.7 Å². The van der Waals surface area contributed by atoms with Gasteiger partial charge in [0.1, 0.15) is 12.0 Å². The highest BCUT2D eigenvalue weighted by atomic mass is 16.3. The summed E-state index contributed by atoms with van der Waals surface area (Å²) in [6, 6.07) is 0. The normalized spacial score (nSPS) is 33.5. The first-order chi connectivity index (χ1) is 7.31. The Morgan fingerprint density at radius 2 is 2.40 bits per heavy atom. The number of aryl methyl sites for hydroxylation is 1. The lowest BCUT2D eigenvalue weighted by Gasteiger charge is -2.35. The average Bonchev–Trinajstić information content (AvgIpc) is 2.64. The molecule has 0 aromatic carbocycles. The summed E-state index contributed by atoms with van der Waals surface area (Å²) >= 11 is 0. The lowest BCUT2D eigenvalue weighted by Crippen LogP contribution is -2.30. The minimum Gasteiger partial charge on any atom is -0.469 e. The first kappa shape index (κ1) is 9.20. The van der Waals surface area contributed by atoms with Crippen molar-refractivity contribution in [2.24, 2.45) is 11.8 Å². The quantitative estimate of drug-likeness (QED) is 0.658. The predicted molar refractivity (Wildman–Crippen MR) is 56.8 cm³/mol. The largest absolute Gasteiger partial charge is 0.469 e. The molecule has 0 aliphatic heterocycles. The number of furan rings is 1. The molecule has 0 unspecified atom stereocenters. The van der Waals surface area contributed by atoms with Crippen LogP contribution in [0.2, 0.25) is 0 Å². The van der Waals surface area contributed by atoms with Crippen LogP contribution in [0.5, 0.6) is 0 Å². The van der Waals surface area contributed by atoms with E-state index in [2.05, 4.69) is 6.92 Å². The molecule has 1 heterocycles. The summed E-state index contributed by atoms with van der Waals surface area (Å²) in [5.41, 5.74) is 2.75. The zero-order chi connectivity index (χ0) is 10.4. The van der Waals surface area contributed by atoms with Crippen molar-refractivity contribution in [2.75, 3.05) is 0 Å². The highest BCUT2D eigenvalue weighted by molar-refractivity contribution is 5.59. The van der Waals surface area contributed by atoms with Crippen molar-refractivity contribution in [3.63, 3.8) is 0 Å². The Morgan fingerprint density at radius 3 is 3.20 bits per heavy atom. The van der Waals surface area contributed by atoms with Crippen LogP contribution in [0.1, 0.15) is 42.6 Å². The molecule has 15 heavy (non-hydrogen) atoms. The van der Waals surface area contributed by atoms with E-state index in [1.807, 2.05) is 6.26 Å². The molecule has 1 aromatic heterocycles. The Bertz CT molecular complexity index is 391. The maximum Gasteiger partial charge on any atom is 0.123 e. The maximum absolute atomic E-state index is 11.2. The highest BCUT2D eigenvalue weighted by Crippen LogP contribution is 2.46. The molecule has 3 atom stereocenters. The second-order valence-corrected chi connectivity index (χ2v) is 4.99. The van der Waals surface area contributed by atoms with Gasteiger partial charge in [-0.1, -0.05) is 6.92 Å². The fourth-order valence-corrected chi connectivity index (χ4v) is 3.34. The zero-order valence-corrected chi connectivity index (χ0v) is 9.03. The van der Waals surface area contributed by atoms with E-state index in [4.69, 9.17) is 4.42 Å². The molecular weight excluding hydrogens is 188 g/mol. The number of aldehydes is 1. The van der Waals surface area contributed by atoms with Crippen molar-refractivity contribution in [3.8, 4) is 0 Å². The van der Waals surface area contributed by atoms with Crippen molar-refractivity contribution >= 4 is 6.29 Å². The summed E-state index contributed by atoms with van der Waals surface area (Å²) in [6.07, 6.45) is 7.52. The van der Waals surface area contributed by atoms with Crippen molar-refractivity contribution in [3.05, 3.63) is 23.2 Å². The molecule has 1 aromatic rings. The third-order valence-electron chi connectivity index (χ3n) is 4.11. The highest BCUT2D eigenvalue weighted by Gasteiger charge is 2.39. The standard InChI is InChI=1S/C13H16O2/c1-8-5-12-13-9(7-15-12)3-2-4-10(13)11(8)6-14/h6-8,10-11H,2-5H2,1H3/t8-,10+,11+/m1/s1. The van der Waals surface area contributed by atoms with E-state index in [0.717, 1.165) is 25.0 Å². The van der Waals surface area contributed by atoms with E-state index in [0.29, 0.717) is 11.8 Å². The van der Waals surface area contributed by atoms with Crippen LogP contribution in [0.25, 0.3) is 0 Å². The van der Waals surface area contributed by atoms with Crippen LogP contribution in [0.15, 0.2) is 10.7 Å². The van der Waals surface area contributed by atoms with E-state index in [1.54, 1.807) is 0 Å². The summed E-state index contributed by atoms with van der Waals surface area (Å²) < 4.78 is 5.64. The van der Waals surface area contributed by atoms with Gasteiger partial charge in [-0.25, -0.2) is 0 Å². The van der Waals surface area contributed by atoms with Crippen LogP contribution < -0.4 is 0 Å². The average molecular weight is 204 g/mol. The van der Waals surface area contributed by atoms with Crippen molar-refractivity contribution < 1.29 is 9.21 Å². The fraction of sp³-hybridized carbons (Fsp3) is 0.615. The molecule has 2 heteroatoms. The second kappa shape index (κ2) is 3.22. The Labute approximate surface area is 89.7 Å².